The molecule has 0 saturated carbocycles. The Morgan fingerprint density at radius 1 is 1.10 bits per heavy atom. The zero-order valence-corrected chi connectivity index (χ0v) is 16.1. The molecule has 4 rings (SSSR count). The lowest BCUT2D eigenvalue weighted by Gasteiger charge is -2.34. The van der Waals surface area contributed by atoms with Gasteiger partial charge in [-0.25, -0.2) is 27.1 Å². The molecule has 4 heterocycles. The predicted molar refractivity (Wildman–Crippen MR) is 97.3 cm³/mol. The number of hydrogen-bond acceptors (Lipinski definition) is 5. The van der Waals surface area contributed by atoms with E-state index in [0.717, 1.165) is 10.1 Å². The van der Waals surface area contributed by atoms with Crippen LogP contribution in [0.2, 0.25) is 0 Å². The maximum atomic E-state index is 13.3. The van der Waals surface area contributed by atoms with Gasteiger partial charge in [0.2, 0.25) is 0 Å². The molecule has 0 spiro atoms. The van der Waals surface area contributed by atoms with Crippen LogP contribution in [0.15, 0.2) is 24.5 Å². The maximum absolute atomic E-state index is 13.3. The minimum absolute atomic E-state index is 0.100. The predicted octanol–water partition coefficient (Wildman–Crippen LogP) is 2.30. The summed E-state index contributed by atoms with van der Waals surface area (Å²) in [4.78, 5) is 20.2. The van der Waals surface area contributed by atoms with Crippen LogP contribution in [0.1, 0.15) is 40.3 Å². The fourth-order valence-electron chi connectivity index (χ4n) is 3.47. The highest BCUT2D eigenvalue weighted by atomic mass is 19.3. The first-order chi connectivity index (χ1) is 14.3. The van der Waals surface area contributed by atoms with Gasteiger partial charge in [0.05, 0.1) is 6.20 Å². The number of amides is 1. The van der Waals surface area contributed by atoms with Gasteiger partial charge in [-0.3, -0.25) is 14.4 Å². The third-order valence-electron chi connectivity index (χ3n) is 4.96. The standard InChI is InChI=1S/C18H19F4N7O/c1-26-9-11(8-23-26)10-27-2-4-28(5-3-27)18(30)13-7-15-24-12(16(19)20)6-14(17(21)22)29(15)25-13/h6-9,16-17H,2-5,10H2,1H3. The number of rotatable bonds is 5. The Balaban J connectivity index is 1.49. The summed E-state index contributed by atoms with van der Waals surface area (Å²) in [5.74, 6) is -0.444. The Bertz CT molecular complexity index is 1060. The molecular weight excluding hydrogens is 406 g/mol. The molecule has 1 amide bonds. The number of aromatic nitrogens is 5. The van der Waals surface area contributed by atoms with E-state index in [9.17, 15) is 22.4 Å². The quantitative estimate of drug-likeness (QED) is 0.587. The number of halogens is 4. The molecule has 3 aromatic heterocycles. The zero-order valence-electron chi connectivity index (χ0n) is 16.1. The Hall–Kier alpha value is -3.02. The minimum Gasteiger partial charge on any atom is -0.335 e. The summed E-state index contributed by atoms with van der Waals surface area (Å²) in [6, 6.07) is 1.78. The van der Waals surface area contributed by atoms with Gasteiger partial charge in [0, 0.05) is 57.6 Å². The van der Waals surface area contributed by atoms with Crippen LogP contribution in [0.25, 0.3) is 5.65 Å². The van der Waals surface area contributed by atoms with Crippen molar-refractivity contribution in [2.75, 3.05) is 26.2 Å². The second kappa shape index (κ2) is 8.01. The van der Waals surface area contributed by atoms with E-state index in [4.69, 9.17) is 0 Å². The van der Waals surface area contributed by atoms with Crippen molar-refractivity contribution >= 4 is 11.6 Å². The summed E-state index contributed by atoms with van der Waals surface area (Å²) in [5, 5.41) is 8.04. The lowest BCUT2D eigenvalue weighted by atomic mass is 10.2. The van der Waals surface area contributed by atoms with Crippen LogP contribution < -0.4 is 0 Å². The molecule has 0 aliphatic carbocycles. The number of aryl methyl sites for hydroxylation is 1. The Morgan fingerprint density at radius 2 is 1.83 bits per heavy atom. The van der Waals surface area contributed by atoms with Crippen LogP contribution in [-0.4, -0.2) is 66.3 Å². The number of nitrogens with zero attached hydrogens (tertiary/aromatic N) is 7. The number of carbonyl (C=O) groups excluding carboxylic acids is 1. The molecule has 0 atom stereocenters. The van der Waals surface area contributed by atoms with Gasteiger partial charge >= 0.3 is 0 Å². The third-order valence-corrected chi connectivity index (χ3v) is 4.96. The molecule has 8 nitrogen and oxygen atoms in total. The first-order valence-electron chi connectivity index (χ1n) is 9.28. The normalized spacial score (nSPS) is 15.6. The topological polar surface area (TPSA) is 71.6 Å². The molecule has 3 aromatic rings. The Morgan fingerprint density at radius 3 is 2.43 bits per heavy atom. The molecular formula is C18H19F4N7O. The van der Waals surface area contributed by atoms with Crippen molar-refractivity contribution in [3.8, 4) is 0 Å². The highest BCUT2D eigenvalue weighted by Gasteiger charge is 2.26. The van der Waals surface area contributed by atoms with Gasteiger partial charge < -0.3 is 4.90 Å². The van der Waals surface area contributed by atoms with Crippen LogP contribution in [0.4, 0.5) is 17.6 Å². The molecule has 1 aliphatic rings. The second-order valence-corrected chi connectivity index (χ2v) is 7.10. The Labute approximate surface area is 168 Å². The van der Waals surface area contributed by atoms with E-state index in [1.165, 1.54) is 6.07 Å². The molecule has 0 radical (unpaired) electrons. The van der Waals surface area contributed by atoms with Crippen molar-refractivity contribution in [1.82, 2.24) is 34.2 Å². The average Bonchev–Trinajstić information content (AvgIpc) is 3.32. The number of fused-ring (bicyclic) bond motifs is 1. The van der Waals surface area contributed by atoms with Crippen LogP contribution in [-0.2, 0) is 13.6 Å². The van der Waals surface area contributed by atoms with Crippen LogP contribution in [0, 0.1) is 0 Å². The van der Waals surface area contributed by atoms with Crippen molar-refractivity contribution in [3.05, 3.63) is 47.2 Å². The highest BCUT2D eigenvalue weighted by molar-refractivity contribution is 5.93. The van der Waals surface area contributed by atoms with Crippen LogP contribution in [0.5, 0.6) is 0 Å². The van der Waals surface area contributed by atoms with E-state index < -0.39 is 30.1 Å². The molecule has 1 aliphatic heterocycles. The molecule has 30 heavy (non-hydrogen) atoms. The maximum Gasteiger partial charge on any atom is 0.280 e. The monoisotopic (exact) mass is 425 g/mol. The van der Waals surface area contributed by atoms with Gasteiger partial charge in [-0.15, -0.1) is 0 Å². The summed E-state index contributed by atoms with van der Waals surface area (Å²) in [6.07, 6.45) is -2.33. The van der Waals surface area contributed by atoms with Crippen LogP contribution >= 0.6 is 0 Å². The van der Waals surface area contributed by atoms with E-state index >= 15 is 0 Å². The van der Waals surface area contributed by atoms with Crippen molar-refractivity contribution in [2.24, 2.45) is 7.05 Å². The molecule has 1 fully saturated rings. The van der Waals surface area contributed by atoms with E-state index in [0.29, 0.717) is 38.8 Å². The number of hydrogen-bond donors (Lipinski definition) is 0. The largest absolute Gasteiger partial charge is 0.335 e. The summed E-state index contributed by atoms with van der Waals surface area (Å²) in [7, 11) is 1.84. The number of alkyl halides is 4. The smallest absolute Gasteiger partial charge is 0.280 e. The van der Waals surface area contributed by atoms with E-state index in [1.807, 2.05) is 13.2 Å². The molecule has 160 valence electrons. The van der Waals surface area contributed by atoms with Gasteiger partial charge in [0.1, 0.15) is 11.4 Å². The fourth-order valence-corrected chi connectivity index (χ4v) is 3.47. The van der Waals surface area contributed by atoms with Gasteiger partial charge in [0.25, 0.3) is 18.8 Å². The van der Waals surface area contributed by atoms with Gasteiger partial charge in [0.15, 0.2) is 11.3 Å². The molecule has 1 saturated heterocycles. The molecule has 0 unspecified atom stereocenters. The first kappa shape index (κ1) is 20.3. The van der Waals surface area contributed by atoms with Gasteiger partial charge in [-0.05, 0) is 6.07 Å². The summed E-state index contributed by atoms with van der Waals surface area (Å²) < 4.78 is 55.0. The third kappa shape index (κ3) is 3.99. The Kier molecular flexibility index (Phi) is 5.41. The minimum atomic E-state index is -3.04. The lowest BCUT2D eigenvalue weighted by molar-refractivity contribution is 0.0621. The average molecular weight is 425 g/mol. The molecule has 0 aromatic carbocycles. The van der Waals surface area contributed by atoms with E-state index in [2.05, 4.69) is 20.1 Å². The van der Waals surface area contributed by atoms with Crippen molar-refractivity contribution in [1.29, 1.82) is 0 Å². The number of piperazine rings is 1. The van der Waals surface area contributed by atoms with Crippen molar-refractivity contribution < 1.29 is 22.4 Å². The molecule has 0 bridgehead atoms. The summed E-state index contributed by atoms with van der Waals surface area (Å²) in [5.41, 5.74) is -0.743. The second-order valence-electron chi connectivity index (χ2n) is 7.10. The molecule has 0 N–H and O–H groups in total. The SMILES string of the molecule is Cn1cc(CN2CCN(C(=O)c3cc4nc(C(F)F)cc(C(F)F)n4n3)CC2)cn1. The van der Waals surface area contributed by atoms with Gasteiger partial charge in [-0.1, -0.05) is 0 Å². The fraction of sp³-hybridized carbons (Fsp3) is 0.444. The molecule has 12 heteroatoms. The van der Waals surface area contributed by atoms with E-state index in [-0.39, 0.29) is 11.3 Å². The lowest BCUT2D eigenvalue weighted by Crippen LogP contribution is -2.48. The zero-order chi connectivity index (χ0) is 21.4. The highest BCUT2D eigenvalue weighted by Crippen LogP contribution is 2.25. The van der Waals surface area contributed by atoms with Crippen molar-refractivity contribution in [2.45, 2.75) is 19.4 Å². The van der Waals surface area contributed by atoms with Crippen molar-refractivity contribution in [3.63, 3.8) is 0 Å². The van der Waals surface area contributed by atoms with Gasteiger partial charge in [-0.2, -0.15) is 10.2 Å². The first-order valence-corrected chi connectivity index (χ1v) is 9.28. The van der Waals surface area contributed by atoms with E-state index in [1.54, 1.807) is 15.8 Å². The summed E-state index contributed by atoms with van der Waals surface area (Å²) >= 11 is 0. The number of carbonyl (C=O) groups is 1. The summed E-state index contributed by atoms with van der Waals surface area (Å²) in [6.45, 7) is 2.84. The van der Waals surface area contributed by atoms with Crippen LogP contribution in [0.3, 0.4) is 0 Å².